The second-order valence-corrected chi connectivity index (χ2v) is 3.67. The molecule has 0 saturated carbocycles. The van der Waals surface area contributed by atoms with E-state index < -0.39 is 0 Å². The largest absolute Gasteiger partial charge is 0.388 e. The minimum atomic E-state index is 0.292. The van der Waals surface area contributed by atoms with Crippen molar-refractivity contribution in [1.82, 2.24) is 14.8 Å². The Morgan fingerprint density at radius 3 is 2.93 bits per heavy atom. The van der Waals surface area contributed by atoms with Crippen LogP contribution in [0, 0.1) is 6.92 Å². The summed E-state index contributed by atoms with van der Waals surface area (Å²) >= 11 is 4.86. The van der Waals surface area contributed by atoms with Gasteiger partial charge in [0.1, 0.15) is 4.99 Å². The Hall–Kier alpha value is -1.75. The van der Waals surface area contributed by atoms with Crippen LogP contribution in [0.4, 0.5) is 0 Å². The van der Waals surface area contributed by atoms with Gasteiger partial charge >= 0.3 is 0 Å². The van der Waals surface area contributed by atoms with E-state index in [2.05, 4.69) is 10.1 Å². The van der Waals surface area contributed by atoms with Crippen molar-refractivity contribution in [3.63, 3.8) is 0 Å². The number of hydrogen-bond donors (Lipinski definition) is 1. The third kappa shape index (κ3) is 2.02. The highest BCUT2D eigenvalue weighted by molar-refractivity contribution is 7.80. The van der Waals surface area contributed by atoms with Crippen LogP contribution in [0.15, 0.2) is 30.7 Å². The summed E-state index contributed by atoms with van der Waals surface area (Å²) in [5.41, 5.74) is 8.12. The zero-order valence-corrected chi connectivity index (χ0v) is 9.03. The van der Waals surface area contributed by atoms with E-state index in [1.165, 1.54) is 0 Å². The molecule has 0 atom stereocenters. The molecule has 0 spiro atoms. The topological polar surface area (TPSA) is 56.7 Å². The first-order chi connectivity index (χ1) is 7.16. The van der Waals surface area contributed by atoms with Crippen molar-refractivity contribution in [3.8, 4) is 5.69 Å². The van der Waals surface area contributed by atoms with Crippen molar-refractivity contribution in [2.45, 2.75) is 6.92 Å². The molecular formula is C10H10N4S. The predicted octanol–water partition coefficient (Wildman–Crippen LogP) is 1.21. The maximum atomic E-state index is 5.51. The molecule has 0 saturated heterocycles. The molecule has 0 bridgehead atoms. The van der Waals surface area contributed by atoms with Gasteiger partial charge in [0.2, 0.25) is 0 Å². The van der Waals surface area contributed by atoms with Crippen LogP contribution in [0.2, 0.25) is 0 Å². The first-order valence-electron chi connectivity index (χ1n) is 4.44. The van der Waals surface area contributed by atoms with E-state index in [1.807, 2.05) is 25.3 Å². The van der Waals surface area contributed by atoms with Crippen LogP contribution >= 0.6 is 12.2 Å². The maximum Gasteiger partial charge on any atom is 0.122 e. The third-order valence-corrected chi connectivity index (χ3v) is 2.18. The number of aromatic nitrogens is 3. The first-order valence-corrected chi connectivity index (χ1v) is 4.85. The number of pyridine rings is 1. The number of nitrogens with zero attached hydrogens (tertiary/aromatic N) is 3. The molecule has 0 aromatic carbocycles. The molecule has 0 fully saturated rings. The van der Waals surface area contributed by atoms with Crippen molar-refractivity contribution in [2.75, 3.05) is 0 Å². The predicted molar refractivity (Wildman–Crippen MR) is 62.0 cm³/mol. The molecule has 0 amide bonds. The van der Waals surface area contributed by atoms with Gasteiger partial charge < -0.3 is 5.73 Å². The number of hydrogen-bond acceptors (Lipinski definition) is 3. The number of nitrogens with two attached hydrogens (primary N) is 1. The molecule has 0 aliphatic rings. The SMILES string of the molecule is Cc1cnn(-c2ccnc(C(N)=S)c2)c1. The lowest BCUT2D eigenvalue weighted by Crippen LogP contribution is -2.12. The molecule has 0 radical (unpaired) electrons. The Bertz CT molecular complexity index is 504. The summed E-state index contributed by atoms with van der Waals surface area (Å²) in [4.78, 5) is 4.36. The van der Waals surface area contributed by atoms with Crippen molar-refractivity contribution in [1.29, 1.82) is 0 Å². The second kappa shape index (κ2) is 3.78. The van der Waals surface area contributed by atoms with E-state index in [-0.39, 0.29) is 0 Å². The summed E-state index contributed by atoms with van der Waals surface area (Å²) in [6, 6.07) is 3.67. The quantitative estimate of drug-likeness (QED) is 0.770. The normalized spacial score (nSPS) is 10.2. The van der Waals surface area contributed by atoms with E-state index in [4.69, 9.17) is 18.0 Å². The zero-order valence-electron chi connectivity index (χ0n) is 8.21. The Balaban J connectivity index is 2.45. The van der Waals surface area contributed by atoms with Gasteiger partial charge in [-0.3, -0.25) is 4.98 Å². The maximum absolute atomic E-state index is 5.51. The fourth-order valence-corrected chi connectivity index (χ4v) is 1.36. The fourth-order valence-electron chi connectivity index (χ4n) is 1.25. The van der Waals surface area contributed by atoms with Crippen LogP contribution in [-0.2, 0) is 0 Å². The minimum absolute atomic E-state index is 0.292. The Kier molecular flexibility index (Phi) is 2.47. The molecular weight excluding hydrogens is 208 g/mol. The molecule has 4 nitrogen and oxygen atoms in total. The molecule has 15 heavy (non-hydrogen) atoms. The lowest BCUT2D eigenvalue weighted by atomic mass is 10.3. The van der Waals surface area contributed by atoms with Gasteiger partial charge in [0.05, 0.1) is 17.6 Å². The number of aryl methyl sites for hydroxylation is 1. The van der Waals surface area contributed by atoms with Gasteiger partial charge in [-0.1, -0.05) is 12.2 Å². The van der Waals surface area contributed by atoms with Crippen molar-refractivity contribution in [2.24, 2.45) is 5.73 Å². The molecule has 5 heteroatoms. The van der Waals surface area contributed by atoms with Gasteiger partial charge in [-0.05, 0) is 24.6 Å². The smallest absolute Gasteiger partial charge is 0.122 e. The lowest BCUT2D eigenvalue weighted by Gasteiger charge is -2.02. The standard InChI is InChI=1S/C10H10N4S/c1-7-5-13-14(6-7)8-2-3-12-9(4-8)10(11)15/h2-6H,1H3,(H2,11,15). The Morgan fingerprint density at radius 2 is 2.33 bits per heavy atom. The molecule has 2 N–H and O–H groups in total. The molecule has 0 unspecified atom stereocenters. The summed E-state index contributed by atoms with van der Waals surface area (Å²) < 4.78 is 1.76. The number of thiocarbonyl (C=S) groups is 1. The summed E-state index contributed by atoms with van der Waals surface area (Å²) in [5.74, 6) is 0. The molecule has 0 aliphatic heterocycles. The van der Waals surface area contributed by atoms with Crippen LogP contribution in [0.25, 0.3) is 5.69 Å². The molecule has 2 rings (SSSR count). The minimum Gasteiger partial charge on any atom is -0.388 e. The molecule has 76 valence electrons. The second-order valence-electron chi connectivity index (χ2n) is 3.23. The highest BCUT2D eigenvalue weighted by Crippen LogP contribution is 2.08. The zero-order chi connectivity index (χ0) is 10.8. The van der Waals surface area contributed by atoms with E-state index in [9.17, 15) is 0 Å². The van der Waals surface area contributed by atoms with Gasteiger partial charge in [-0.25, -0.2) is 4.68 Å². The van der Waals surface area contributed by atoms with E-state index >= 15 is 0 Å². The van der Waals surface area contributed by atoms with Crippen molar-refractivity contribution < 1.29 is 0 Å². The van der Waals surface area contributed by atoms with Crippen LogP contribution < -0.4 is 5.73 Å². The van der Waals surface area contributed by atoms with Gasteiger partial charge in [0, 0.05) is 12.4 Å². The van der Waals surface area contributed by atoms with Crippen LogP contribution in [0.3, 0.4) is 0 Å². The van der Waals surface area contributed by atoms with E-state index in [0.29, 0.717) is 10.7 Å². The van der Waals surface area contributed by atoms with Crippen LogP contribution in [0.1, 0.15) is 11.3 Å². The van der Waals surface area contributed by atoms with Crippen molar-refractivity contribution in [3.05, 3.63) is 42.0 Å². The highest BCUT2D eigenvalue weighted by Gasteiger charge is 2.02. The van der Waals surface area contributed by atoms with Crippen LogP contribution in [0.5, 0.6) is 0 Å². The average Bonchev–Trinajstić information content (AvgIpc) is 2.65. The lowest BCUT2D eigenvalue weighted by molar-refractivity contribution is 0.876. The van der Waals surface area contributed by atoms with Gasteiger partial charge in [0.25, 0.3) is 0 Å². The average molecular weight is 218 g/mol. The van der Waals surface area contributed by atoms with Crippen LogP contribution in [-0.4, -0.2) is 19.8 Å². The van der Waals surface area contributed by atoms with E-state index in [1.54, 1.807) is 17.1 Å². The molecule has 2 aromatic rings. The molecule has 2 aromatic heterocycles. The Labute approximate surface area is 92.7 Å². The summed E-state index contributed by atoms with van der Waals surface area (Å²) in [5, 5.41) is 4.19. The first kappa shape index (κ1) is 9.79. The number of rotatable bonds is 2. The van der Waals surface area contributed by atoms with Gasteiger partial charge in [-0.2, -0.15) is 5.10 Å². The monoisotopic (exact) mass is 218 g/mol. The van der Waals surface area contributed by atoms with Gasteiger partial charge in [-0.15, -0.1) is 0 Å². The Morgan fingerprint density at radius 1 is 1.53 bits per heavy atom. The fraction of sp³-hybridized carbons (Fsp3) is 0.100. The summed E-state index contributed by atoms with van der Waals surface area (Å²) in [6.45, 7) is 1.99. The molecule has 2 heterocycles. The third-order valence-electron chi connectivity index (χ3n) is 1.97. The van der Waals surface area contributed by atoms with Gasteiger partial charge in [0.15, 0.2) is 0 Å². The highest BCUT2D eigenvalue weighted by atomic mass is 32.1. The summed E-state index contributed by atoms with van der Waals surface area (Å²) in [6.07, 6.45) is 5.39. The summed E-state index contributed by atoms with van der Waals surface area (Å²) in [7, 11) is 0. The van der Waals surface area contributed by atoms with Crippen molar-refractivity contribution >= 4 is 17.2 Å². The van der Waals surface area contributed by atoms with E-state index in [0.717, 1.165) is 11.3 Å². The molecule has 0 aliphatic carbocycles.